The molecule has 0 aliphatic rings. The molecule has 0 unspecified atom stereocenters. The van der Waals surface area contributed by atoms with Crippen LogP contribution in [0.5, 0.6) is 5.75 Å². The zero-order valence-electron chi connectivity index (χ0n) is 8.98. The third-order valence-electron chi connectivity index (χ3n) is 1.95. The van der Waals surface area contributed by atoms with Crippen molar-refractivity contribution in [3.8, 4) is 5.75 Å². The van der Waals surface area contributed by atoms with Crippen LogP contribution in [0, 0.1) is 0 Å². The zero-order valence-corrected chi connectivity index (χ0v) is 8.98. The fourth-order valence-electron chi connectivity index (χ4n) is 1.19. The minimum atomic E-state index is -0.952. The highest BCUT2D eigenvalue weighted by atomic mass is 16.5. The van der Waals surface area contributed by atoms with Crippen molar-refractivity contribution in [2.75, 3.05) is 26.2 Å². The van der Waals surface area contributed by atoms with Crippen LogP contribution >= 0.6 is 0 Å². The van der Waals surface area contributed by atoms with Gasteiger partial charge < -0.3 is 20.9 Å². The van der Waals surface area contributed by atoms with Crippen LogP contribution < -0.4 is 15.8 Å². The number of carboxylic acids is 1. The summed E-state index contributed by atoms with van der Waals surface area (Å²) in [6.07, 6.45) is 0. The van der Waals surface area contributed by atoms with Crippen LogP contribution in [0.15, 0.2) is 24.3 Å². The molecule has 0 radical (unpaired) electrons. The number of nitrogens with one attached hydrogen (secondary N) is 1. The van der Waals surface area contributed by atoms with Crippen molar-refractivity contribution in [2.45, 2.75) is 0 Å². The standard InChI is InChI=1S/C11H16N2O3/c12-4-5-13-6-7-16-10-3-1-2-9(8-10)11(14)15/h1-3,8,13H,4-7,12H2,(H,14,15). The topological polar surface area (TPSA) is 84.6 Å². The minimum absolute atomic E-state index is 0.229. The van der Waals surface area contributed by atoms with E-state index in [0.29, 0.717) is 25.4 Å². The summed E-state index contributed by atoms with van der Waals surface area (Å²) in [5, 5.41) is 11.8. The van der Waals surface area contributed by atoms with Gasteiger partial charge in [-0.2, -0.15) is 0 Å². The first-order valence-corrected chi connectivity index (χ1v) is 5.11. The lowest BCUT2D eigenvalue weighted by Crippen LogP contribution is -2.26. The van der Waals surface area contributed by atoms with E-state index in [1.54, 1.807) is 12.1 Å². The largest absolute Gasteiger partial charge is 0.492 e. The number of carbonyl (C=O) groups is 1. The van der Waals surface area contributed by atoms with Crippen molar-refractivity contribution < 1.29 is 14.6 Å². The molecule has 0 saturated carbocycles. The van der Waals surface area contributed by atoms with Crippen LogP contribution in [0.2, 0.25) is 0 Å². The van der Waals surface area contributed by atoms with E-state index in [0.717, 1.165) is 6.54 Å². The van der Waals surface area contributed by atoms with Gasteiger partial charge in [-0.3, -0.25) is 0 Å². The third kappa shape index (κ3) is 4.29. The monoisotopic (exact) mass is 224 g/mol. The summed E-state index contributed by atoms with van der Waals surface area (Å²) in [5.41, 5.74) is 5.54. The highest BCUT2D eigenvalue weighted by Crippen LogP contribution is 2.12. The molecule has 0 atom stereocenters. The third-order valence-corrected chi connectivity index (χ3v) is 1.95. The number of benzene rings is 1. The molecule has 16 heavy (non-hydrogen) atoms. The number of aromatic carboxylic acids is 1. The van der Waals surface area contributed by atoms with Crippen LogP contribution in [0.3, 0.4) is 0 Å². The smallest absolute Gasteiger partial charge is 0.335 e. The van der Waals surface area contributed by atoms with E-state index in [9.17, 15) is 4.79 Å². The molecule has 0 saturated heterocycles. The Morgan fingerprint density at radius 3 is 2.94 bits per heavy atom. The second kappa shape index (κ2) is 6.81. The first-order chi connectivity index (χ1) is 7.74. The van der Waals surface area contributed by atoms with Crippen molar-refractivity contribution in [2.24, 2.45) is 5.73 Å². The SMILES string of the molecule is NCCNCCOc1cccc(C(=O)O)c1. The minimum Gasteiger partial charge on any atom is -0.492 e. The maximum Gasteiger partial charge on any atom is 0.335 e. The van der Waals surface area contributed by atoms with Crippen molar-refractivity contribution in [3.05, 3.63) is 29.8 Å². The van der Waals surface area contributed by atoms with Gasteiger partial charge in [0.1, 0.15) is 12.4 Å². The van der Waals surface area contributed by atoms with Crippen LogP contribution in [0.4, 0.5) is 0 Å². The Hall–Kier alpha value is -1.59. The maximum atomic E-state index is 10.7. The Labute approximate surface area is 94.2 Å². The van der Waals surface area contributed by atoms with Gasteiger partial charge in [-0.15, -0.1) is 0 Å². The molecular weight excluding hydrogens is 208 g/mol. The van der Waals surface area contributed by atoms with Gasteiger partial charge in [-0.25, -0.2) is 4.79 Å². The molecule has 0 aromatic heterocycles. The quantitative estimate of drug-likeness (QED) is 0.580. The Bertz CT molecular complexity index is 342. The molecule has 0 aliphatic heterocycles. The molecule has 0 bridgehead atoms. The van der Waals surface area contributed by atoms with Gasteiger partial charge in [0.15, 0.2) is 0 Å². The van der Waals surface area contributed by atoms with Gasteiger partial charge in [0.25, 0.3) is 0 Å². The summed E-state index contributed by atoms with van der Waals surface area (Å²) in [6.45, 7) is 2.52. The number of carboxylic acid groups (broad SMARTS) is 1. The summed E-state index contributed by atoms with van der Waals surface area (Å²) in [4.78, 5) is 10.7. The molecule has 0 spiro atoms. The fourth-order valence-corrected chi connectivity index (χ4v) is 1.19. The summed E-state index contributed by atoms with van der Waals surface area (Å²) < 4.78 is 5.38. The van der Waals surface area contributed by atoms with E-state index >= 15 is 0 Å². The number of rotatable bonds is 7. The predicted molar refractivity (Wildman–Crippen MR) is 60.8 cm³/mol. The second-order valence-corrected chi connectivity index (χ2v) is 3.22. The van der Waals surface area contributed by atoms with Crippen molar-refractivity contribution >= 4 is 5.97 Å². The van der Waals surface area contributed by atoms with E-state index in [1.165, 1.54) is 12.1 Å². The lowest BCUT2D eigenvalue weighted by atomic mass is 10.2. The van der Waals surface area contributed by atoms with Gasteiger partial charge in [-0.05, 0) is 18.2 Å². The van der Waals surface area contributed by atoms with Gasteiger partial charge in [0.2, 0.25) is 0 Å². The highest BCUT2D eigenvalue weighted by molar-refractivity contribution is 5.87. The van der Waals surface area contributed by atoms with Crippen molar-refractivity contribution in [1.82, 2.24) is 5.32 Å². The van der Waals surface area contributed by atoms with Crippen molar-refractivity contribution in [3.63, 3.8) is 0 Å². The maximum absolute atomic E-state index is 10.7. The summed E-state index contributed by atoms with van der Waals surface area (Å²) in [6, 6.07) is 6.43. The molecule has 0 aliphatic carbocycles. The van der Waals surface area contributed by atoms with Gasteiger partial charge in [-0.1, -0.05) is 6.07 Å². The number of ether oxygens (including phenoxy) is 1. The summed E-state index contributed by atoms with van der Waals surface area (Å²) in [7, 11) is 0. The Kier molecular flexibility index (Phi) is 5.31. The summed E-state index contributed by atoms with van der Waals surface area (Å²) >= 11 is 0. The normalized spacial score (nSPS) is 10.1. The Morgan fingerprint density at radius 1 is 1.44 bits per heavy atom. The van der Waals surface area contributed by atoms with Crippen LogP contribution in [-0.4, -0.2) is 37.3 Å². The molecule has 0 amide bonds. The molecule has 0 heterocycles. The molecule has 1 rings (SSSR count). The van der Waals surface area contributed by atoms with Crippen LogP contribution in [0.1, 0.15) is 10.4 Å². The Morgan fingerprint density at radius 2 is 2.25 bits per heavy atom. The van der Waals surface area contributed by atoms with Gasteiger partial charge in [0.05, 0.1) is 5.56 Å². The summed E-state index contributed by atoms with van der Waals surface area (Å²) in [5.74, 6) is -0.388. The van der Waals surface area contributed by atoms with E-state index < -0.39 is 5.97 Å². The van der Waals surface area contributed by atoms with Crippen LogP contribution in [0.25, 0.3) is 0 Å². The molecule has 88 valence electrons. The first kappa shape index (κ1) is 12.5. The first-order valence-electron chi connectivity index (χ1n) is 5.11. The van der Waals surface area contributed by atoms with E-state index in [1.807, 2.05) is 0 Å². The average Bonchev–Trinajstić information content (AvgIpc) is 2.29. The molecule has 0 fully saturated rings. The highest BCUT2D eigenvalue weighted by Gasteiger charge is 2.03. The second-order valence-electron chi connectivity index (χ2n) is 3.22. The predicted octanol–water partition coefficient (Wildman–Crippen LogP) is 0.312. The molecule has 4 N–H and O–H groups in total. The molecular formula is C11H16N2O3. The number of hydrogen-bond donors (Lipinski definition) is 3. The lowest BCUT2D eigenvalue weighted by Gasteiger charge is -2.07. The fraction of sp³-hybridized carbons (Fsp3) is 0.364. The molecule has 1 aromatic rings. The van der Waals surface area contributed by atoms with E-state index in [-0.39, 0.29) is 5.56 Å². The Balaban J connectivity index is 2.36. The van der Waals surface area contributed by atoms with E-state index in [2.05, 4.69) is 5.32 Å². The van der Waals surface area contributed by atoms with Crippen molar-refractivity contribution in [1.29, 1.82) is 0 Å². The molecule has 5 heteroatoms. The molecule has 5 nitrogen and oxygen atoms in total. The van der Waals surface area contributed by atoms with Gasteiger partial charge >= 0.3 is 5.97 Å². The zero-order chi connectivity index (χ0) is 11.8. The van der Waals surface area contributed by atoms with E-state index in [4.69, 9.17) is 15.6 Å². The number of hydrogen-bond acceptors (Lipinski definition) is 4. The van der Waals surface area contributed by atoms with Crippen LogP contribution in [-0.2, 0) is 0 Å². The molecule has 1 aromatic carbocycles. The van der Waals surface area contributed by atoms with Gasteiger partial charge in [0, 0.05) is 19.6 Å². The average molecular weight is 224 g/mol. The lowest BCUT2D eigenvalue weighted by molar-refractivity contribution is 0.0696. The number of nitrogens with two attached hydrogens (primary N) is 1.